The maximum atomic E-state index is 5.92. The summed E-state index contributed by atoms with van der Waals surface area (Å²) in [6.07, 6.45) is 3.30. The zero-order chi connectivity index (χ0) is 13.2. The first kappa shape index (κ1) is 11.9. The molecule has 0 N–H and O–H groups in total. The average molecular weight is 271 g/mol. The van der Waals surface area contributed by atoms with Gasteiger partial charge in [0.05, 0.1) is 5.02 Å². The van der Waals surface area contributed by atoms with Crippen molar-refractivity contribution in [3.8, 4) is 22.6 Å². The molecule has 0 saturated heterocycles. The molecular weight excluding hydrogens is 260 g/mol. The van der Waals surface area contributed by atoms with Crippen molar-refractivity contribution in [2.75, 3.05) is 0 Å². The summed E-state index contributed by atoms with van der Waals surface area (Å²) in [7, 11) is 0. The molecule has 0 radical (unpaired) electrons. The third-order valence-electron chi connectivity index (χ3n) is 2.85. The van der Waals surface area contributed by atoms with Gasteiger partial charge in [-0.3, -0.25) is 4.98 Å². The molecule has 0 aliphatic heterocycles. The molecule has 2 heterocycles. The lowest BCUT2D eigenvalue weighted by atomic mass is 10.1. The lowest BCUT2D eigenvalue weighted by Crippen LogP contribution is -1.79. The summed E-state index contributed by atoms with van der Waals surface area (Å²) < 4.78 is 5.36. The van der Waals surface area contributed by atoms with E-state index in [-0.39, 0.29) is 0 Å². The second-order valence-electron chi connectivity index (χ2n) is 4.33. The number of benzene rings is 1. The summed E-state index contributed by atoms with van der Waals surface area (Å²) >= 11 is 5.92. The molecule has 0 unspecified atom stereocenters. The van der Waals surface area contributed by atoms with Crippen LogP contribution in [0.4, 0.5) is 0 Å². The monoisotopic (exact) mass is 270 g/mol. The Labute approximate surface area is 115 Å². The molecule has 3 rings (SSSR count). The van der Waals surface area contributed by atoms with Crippen LogP contribution in [0.3, 0.4) is 0 Å². The van der Waals surface area contributed by atoms with Gasteiger partial charge < -0.3 is 4.52 Å². The zero-order valence-corrected chi connectivity index (χ0v) is 11.1. The molecule has 94 valence electrons. The minimum atomic E-state index is 0.581. The minimum absolute atomic E-state index is 0.581. The standard InChI is InChI=1S/C15H11ClN2O/c1-10-2-4-11(5-3-10)15-7-14(18-19-15)12-6-13(16)9-17-8-12/h2-9H,1H3. The van der Waals surface area contributed by atoms with Crippen LogP contribution in [-0.4, -0.2) is 10.1 Å². The molecule has 4 heteroatoms. The largest absolute Gasteiger partial charge is 0.356 e. The van der Waals surface area contributed by atoms with Gasteiger partial charge in [-0.15, -0.1) is 0 Å². The molecule has 2 aromatic heterocycles. The molecule has 1 aromatic carbocycles. The molecule has 0 amide bonds. The molecule has 3 nitrogen and oxygen atoms in total. The Morgan fingerprint density at radius 2 is 1.79 bits per heavy atom. The van der Waals surface area contributed by atoms with E-state index in [2.05, 4.69) is 10.1 Å². The highest BCUT2D eigenvalue weighted by Crippen LogP contribution is 2.26. The van der Waals surface area contributed by atoms with Crippen molar-refractivity contribution in [2.24, 2.45) is 0 Å². The van der Waals surface area contributed by atoms with E-state index in [0.29, 0.717) is 5.02 Å². The maximum Gasteiger partial charge on any atom is 0.167 e. The number of hydrogen-bond donors (Lipinski definition) is 0. The van der Waals surface area contributed by atoms with Crippen LogP contribution in [0.1, 0.15) is 5.56 Å². The molecule has 0 aliphatic rings. The van der Waals surface area contributed by atoms with E-state index in [4.69, 9.17) is 16.1 Å². The van der Waals surface area contributed by atoms with Crippen LogP contribution in [0.2, 0.25) is 5.02 Å². The fraction of sp³-hybridized carbons (Fsp3) is 0.0667. The molecule has 3 aromatic rings. The normalized spacial score (nSPS) is 10.6. The Kier molecular flexibility index (Phi) is 3.05. The molecule has 0 aliphatic carbocycles. The number of halogens is 1. The third kappa shape index (κ3) is 2.51. The number of aryl methyl sites for hydroxylation is 1. The van der Waals surface area contributed by atoms with Gasteiger partial charge in [-0.05, 0) is 13.0 Å². The van der Waals surface area contributed by atoms with E-state index in [0.717, 1.165) is 22.6 Å². The van der Waals surface area contributed by atoms with Crippen molar-refractivity contribution in [2.45, 2.75) is 6.92 Å². The summed E-state index contributed by atoms with van der Waals surface area (Å²) in [6.45, 7) is 2.05. The van der Waals surface area contributed by atoms with Crippen molar-refractivity contribution < 1.29 is 4.52 Å². The number of rotatable bonds is 2. The van der Waals surface area contributed by atoms with E-state index in [1.807, 2.05) is 43.3 Å². The SMILES string of the molecule is Cc1ccc(-c2cc(-c3cncc(Cl)c3)no2)cc1. The minimum Gasteiger partial charge on any atom is -0.356 e. The van der Waals surface area contributed by atoms with Gasteiger partial charge in [-0.25, -0.2) is 0 Å². The van der Waals surface area contributed by atoms with Gasteiger partial charge >= 0.3 is 0 Å². The van der Waals surface area contributed by atoms with Gasteiger partial charge in [0.25, 0.3) is 0 Å². The average Bonchev–Trinajstić information content (AvgIpc) is 2.89. The maximum absolute atomic E-state index is 5.92. The predicted molar refractivity (Wildman–Crippen MR) is 74.9 cm³/mol. The van der Waals surface area contributed by atoms with E-state index >= 15 is 0 Å². The highest BCUT2D eigenvalue weighted by atomic mass is 35.5. The fourth-order valence-electron chi connectivity index (χ4n) is 1.82. The molecule has 0 fully saturated rings. The summed E-state index contributed by atoms with van der Waals surface area (Å²) in [4.78, 5) is 4.04. The smallest absolute Gasteiger partial charge is 0.167 e. The third-order valence-corrected chi connectivity index (χ3v) is 3.05. The van der Waals surface area contributed by atoms with Gasteiger partial charge in [0.15, 0.2) is 5.76 Å². The van der Waals surface area contributed by atoms with E-state index in [9.17, 15) is 0 Å². The van der Waals surface area contributed by atoms with Gasteiger partial charge in [0.2, 0.25) is 0 Å². The quantitative estimate of drug-likeness (QED) is 0.694. The van der Waals surface area contributed by atoms with E-state index in [1.54, 1.807) is 12.4 Å². The highest BCUT2D eigenvalue weighted by Gasteiger charge is 2.09. The van der Waals surface area contributed by atoms with E-state index in [1.165, 1.54) is 5.56 Å². The summed E-state index contributed by atoms with van der Waals surface area (Å²) in [5.74, 6) is 0.731. The first-order valence-electron chi connectivity index (χ1n) is 5.87. The Balaban J connectivity index is 1.97. The Morgan fingerprint density at radius 1 is 1.00 bits per heavy atom. The Morgan fingerprint density at radius 3 is 2.53 bits per heavy atom. The van der Waals surface area contributed by atoms with Gasteiger partial charge in [0.1, 0.15) is 5.69 Å². The fourth-order valence-corrected chi connectivity index (χ4v) is 1.99. The van der Waals surface area contributed by atoms with Crippen LogP contribution in [0.15, 0.2) is 53.3 Å². The molecular formula is C15H11ClN2O. The van der Waals surface area contributed by atoms with Crippen molar-refractivity contribution in [1.29, 1.82) is 0 Å². The molecule has 19 heavy (non-hydrogen) atoms. The van der Waals surface area contributed by atoms with Crippen LogP contribution in [-0.2, 0) is 0 Å². The van der Waals surface area contributed by atoms with Crippen LogP contribution < -0.4 is 0 Å². The highest BCUT2D eigenvalue weighted by molar-refractivity contribution is 6.30. The number of pyridine rings is 1. The first-order valence-corrected chi connectivity index (χ1v) is 6.25. The Hall–Kier alpha value is -2.13. The number of nitrogens with zero attached hydrogens (tertiary/aromatic N) is 2. The second-order valence-corrected chi connectivity index (χ2v) is 4.77. The molecule has 0 saturated carbocycles. The van der Waals surface area contributed by atoms with Crippen LogP contribution in [0.25, 0.3) is 22.6 Å². The van der Waals surface area contributed by atoms with Crippen molar-refractivity contribution in [3.05, 3.63) is 59.4 Å². The van der Waals surface area contributed by atoms with E-state index < -0.39 is 0 Å². The second kappa shape index (κ2) is 4.86. The topological polar surface area (TPSA) is 38.9 Å². The summed E-state index contributed by atoms with van der Waals surface area (Å²) in [6, 6.07) is 11.8. The van der Waals surface area contributed by atoms with Gasteiger partial charge in [-0.2, -0.15) is 0 Å². The van der Waals surface area contributed by atoms with Gasteiger partial charge in [-0.1, -0.05) is 46.6 Å². The van der Waals surface area contributed by atoms with Crippen molar-refractivity contribution in [1.82, 2.24) is 10.1 Å². The zero-order valence-electron chi connectivity index (χ0n) is 10.3. The first-order chi connectivity index (χ1) is 9.22. The molecule has 0 spiro atoms. The number of aromatic nitrogens is 2. The van der Waals surface area contributed by atoms with Crippen molar-refractivity contribution in [3.63, 3.8) is 0 Å². The lowest BCUT2D eigenvalue weighted by Gasteiger charge is -1.95. The van der Waals surface area contributed by atoms with Gasteiger partial charge in [0, 0.05) is 29.6 Å². The van der Waals surface area contributed by atoms with Crippen LogP contribution in [0.5, 0.6) is 0 Å². The predicted octanol–water partition coefficient (Wildman–Crippen LogP) is 4.37. The van der Waals surface area contributed by atoms with Crippen LogP contribution in [0, 0.1) is 6.92 Å². The lowest BCUT2D eigenvalue weighted by molar-refractivity contribution is 0.435. The number of hydrogen-bond acceptors (Lipinski definition) is 3. The van der Waals surface area contributed by atoms with Crippen LogP contribution >= 0.6 is 11.6 Å². The van der Waals surface area contributed by atoms with Crippen molar-refractivity contribution >= 4 is 11.6 Å². The summed E-state index contributed by atoms with van der Waals surface area (Å²) in [5.41, 5.74) is 3.78. The molecule has 0 bridgehead atoms. The Bertz CT molecular complexity index is 704. The summed E-state index contributed by atoms with van der Waals surface area (Å²) in [5, 5.41) is 4.63. The molecule has 0 atom stereocenters.